The van der Waals surface area contributed by atoms with Crippen molar-refractivity contribution in [3.63, 3.8) is 0 Å². The van der Waals surface area contributed by atoms with Gasteiger partial charge in [0.25, 0.3) is 0 Å². The number of piperazine rings is 1. The van der Waals surface area contributed by atoms with Crippen LogP contribution in [0.1, 0.15) is 30.9 Å². The summed E-state index contributed by atoms with van der Waals surface area (Å²) < 4.78 is 13.6. The van der Waals surface area contributed by atoms with Crippen molar-refractivity contribution in [3.05, 3.63) is 34.6 Å². The molecule has 2 nitrogen and oxygen atoms in total. The van der Waals surface area contributed by atoms with E-state index in [1.807, 2.05) is 0 Å². The zero-order valence-electron chi connectivity index (χ0n) is 11.4. The smallest absolute Gasteiger partial charge is 0.123 e. The van der Waals surface area contributed by atoms with Crippen LogP contribution in [0, 0.1) is 11.7 Å². The van der Waals surface area contributed by atoms with Crippen LogP contribution < -0.4 is 5.32 Å². The highest BCUT2D eigenvalue weighted by Crippen LogP contribution is 2.43. The molecule has 0 radical (unpaired) electrons. The molecule has 0 bridgehead atoms. The molecule has 0 amide bonds. The molecule has 1 heterocycles. The summed E-state index contributed by atoms with van der Waals surface area (Å²) in [7, 11) is 0. The van der Waals surface area contributed by atoms with E-state index in [1.165, 1.54) is 25.3 Å². The Kier molecular flexibility index (Phi) is 5.67. The zero-order chi connectivity index (χ0) is 13.2. The number of hydrogen-bond acceptors (Lipinski definition) is 2. The Morgan fingerprint density at radius 1 is 1.25 bits per heavy atom. The summed E-state index contributed by atoms with van der Waals surface area (Å²) in [6, 6.07) is 5.06. The van der Waals surface area contributed by atoms with E-state index in [4.69, 9.17) is 11.6 Å². The molecule has 1 N–H and O–H groups in total. The van der Waals surface area contributed by atoms with E-state index in [-0.39, 0.29) is 18.2 Å². The average molecular weight is 319 g/mol. The fraction of sp³-hybridized carbons (Fsp3) is 0.600. The van der Waals surface area contributed by atoms with Gasteiger partial charge in [-0.3, -0.25) is 4.90 Å². The molecule has 3 rings (SSSR count). The highest BCUT2D eigenvalue weighted by molar-refractivity contribution is 6.31. The van der Waals surface area contributed by atoms with Crippen molar-refractivity contribution >= 4 is 24.0 Å². The zero-order valence-corrected chi connectivity index (χ0v) is 13.0. The van der Waals surface area contributed by atoms with Crippen molar-refractivity contribution in [3.8, 4) is 0 Å². The van der Waals surface area contributed by atoms with E-state index in [0.29, 0.717) is 17.0 Å². The van der Waals surface area contributed by atoms with E-state index in [1.54, 1.807) is 12.1 Å². The lowest BCUT2D eigenvalue weighted by atomic mass is 9.76. The lowest BCUT2D eigenvalue weighted by Crippen LogP contribution is -2.47. The van der Waals surface area contributed by atoms with Gasteiger partial charge in [-0.15, -0.1) is 12.4 Å². The van der Waals surface area contributed by atoms with Gasteiger partial charge in [0.15, 0.2) is 0 Å². The standard InChI is InChI=1S/C15H20ClFN2.ClH/c16-14-5-4-12(17)10-13(14)15(11-2-1-3-11)19-8-6-18-7-9-19;/h4-5,10-11,15,18H,1-3,6-9H2;1H/t15-;/m1./s1. The Labute approximate surface area is 131 Å². The molecule has 112 valence electrons. The summed E-state index contributed by atoms with van der Waals surface area (Å²) in [5.41, 5.74) is 0.980. The first-order valence-corrected chi connectivity index (χ1v) is 7.53. The van der Waals surface area contributed by atoms with Crippen LogP contribution in [-0.4, -0.2) is 31.1 Å². The molecule has 1 atom stereocenters. The van der Waals surface area contributed by atoms with E-state index in [2.05, 4.69) is 10.2 Å². The van der Waals surface area contributed by atoms with Gasteiger partial charge in [-0.1, -0.05) is 18.0 Å². The van der Waals surface area contributed by atoms with Crippen molar-refractivity contribution in [2.75, 3.05) is 26.2 Å². The number of nitrogens with zero attached hydrogens (tertiary/aromatic N) is 1. The molecule has 0 spiro atoms. The maximum Gasteiger partial charge on any atom is 0.123 e. The number of rotatable bonds is 3. The third-order valence-corrected chi connectivity index (χ3v) is 4.76. The highest BCUT2D eigenvalue weighted by atomic mass is 35.5. The van der Waals surface area contributed by atoms with Gasteiger partial charge >= 0.3 is 0 Å². The fourth-order valence-corrected chi connectivity index (χ4v) is 3.44. The molecule has 1 aliphatic heterocycles. The second-order valence-electron chi connectivity index (χ2n) is 5.59. The molecule has 5 heteroatoms. The van der Waals surface area contributed by atoms with Crippen LogP contribution in [0.3, 0.4) is 0 Å². The largest absolute Gasteiger partial charge is 0.314 e. The maximum absolute atomic E-state index is 13.6. The van der Waals surface area contributed by atoms with E-state index in [0.717, 1.165) is 31.7 Å². The van der Waals surface area contributed by atoms with Crippen LogP contribution in [0.4, 0.5) is 4.39 Å². The Bertz CT molecular complexity index is 445. The first-order valence-electron chi connectivity index (χ1n) is 7.15. The molecular formula is C15H21Cl2FN2. The third kappa shape index (κ3) is 3.28. The van der Waals surface area contributed by atoms with Gasteiger partial charge in [0.2, 0.25) is 0 Å². The Balaban J connectivity index is 0.00000147. The maximum atomic E-state index is 13.6. The van der Waals surface area contributed by atoms with Gasteiger partial charge in [0, 0.05) is 37.2 Å². The minimum absolute atomic E-state index is 0. The van der Waals surface area contributed by atoms with Crippen molar-refractivity contribution in [1.29, 1.82) is 0 Å². The summed E-state index contributed by atoms with van der Waals surface area (Å²) in [6.45, 7) is 4.06. The summed E-state index contributed by atoms with van der Waals surface area (Å²) in [5.74, 6) is 0.455. The normalized spacial score (nSPS) is 21.9. The monoisotopic (exact) mass is 318 g/mol. The first kappa shape index (κ1) is 16.0. The molecule has 1 aromatic rings. The van der Waals surface area contributed by atoms with Gasteiger partial charge < -0.3 is 5.32 Å². The SMILES string of the molecule is Cl.Fc1ccc(Cl)c([C@@H](C2CCC2)N2CCNCC2)c1. The minimum atomic E-state index is -0.182. The van der Waals surface area contributed by atoms with Gasteiger partial charge in [0.05, 0.1) is 0 Å². The van der Waals surface area contributed by atoms with Crippen molar-refractivity contribution in [1.82, 2.24) is 10.2 Å². The Hall–Kier alpha value is -0.350. The summed E-state index contributed by atoms with van der Waals surface area (Å²) in [5, 5.41) is 4.08. The van der Waals surface area contributed by atoms with Crippen molar-refractivity contribution in [2.24, 2.45) is 5.92 Å². The Morgan fingerprint density at radius 2 is 1.95 bits per heavy atom. The topological polar surface area (TPSA) is 15.3 Å². The molecule has 1 aliphatic carbocycles. The molecular weight excluding hydrogens is 298 g/mol. The number of halogens is 3. The predicted octanol–water partition coefficient (Wildman–Crippen LogP) is 3.65. The number of benzene rings is 1. The average Bonchev–Trinajstić information content (AvgIpc) is 2.38. The molecule has 20 heavy (non-hydrogen) atoms. The van der Waals surface area contributed by atoms with Crippen LogP contribution >= 0.6 is 24.0 Å². The van der Waals surface area contributed by atoms with E-state index >= 15 is 0 Å². The second kappa shape index (κ2) is 7.08. The molecule has 1 saturated heterocycles. The quantitative estimate of drug-likeness (QED) is 0.915. The van der Waals surface area contributed by atoms with Crippen LogP contribution in [0.15, 0.2) is 18.2 Å². The third-order valence-electron chi connectivity index (χ3n) is 4.42. The van der Waals surface area contributed by atoms with Gasteiger partial charge in [0.1, 0.15) is 5.82 Å². The molecule has 2 aliphatic rings. The summed E-state index contributed by atoms with van der Waals surface area (Å²) in [6.07, 6.45) is 3.77. The Morgan fingerprint density at radius 3 is 2.55 bits per heavy atom. The van der Waals surface area contributed by atoms with Crippen LogP contribution in [0.25, 0.3) is 0 Å². The molecule has 0 unspecified atom stereocenters. The van der Waals surface area contributed by atoms with Crippen molar-refractivity contribution < 1.29 is 4.39 Å². The van der Waals surface area contributed by atoms with E-state index in [9.17, 15) is 4.39 Å². The number of nitrogens with one attached hydrogen (secondary N) is 1. The lowest BCUT2D eigenvalue weighted by Gasteiger charge is -2.43. The second-order valence-corrected chi connectivity index (χ2v) is 5.99. The van der Waals surface area contributed by atoms with Gasteiger partial charge in [-0.25, -0.2) is 4.39 Å². The number of hydrogen-bond donors (Lipinski definition) is 1. The van der Waals surface area contributed by atoms with Gasteiger partial charge in [-0.05, 0) is 42.5 Å². The minimum Gasteiger partial charge on any atom is -0.314 e. The summed E-state index contributed by atoms with van der Waals surface area (Å²) >= 11 is 6.33. The fourth-order valence-electron chi connectivity index (χ4n) is 3.21. The summed E-state index contributed by atoms with van der Waals surface area (Å²) in [4.78, 5) is 2.47. The molecule has 1 saturated carbocycles. The highest BCUT2D eigenvalue weighted by Gasteiger charge is 2.34. The lowest BCUT2D eigenvalue weighted by molar-refractivity contribution is 0.0836. The van der Waals surface area contributed by atoms with Crippen LogP contribution in [0.2, 0.25) is 5.02 Å². The van der Waals surface area contributed by atoms with Crippen LogP contribution in [0.5, 0.6) is 0 Å². The van der Waals surface area contributed by atoms with Crippen molar-refractivity contribution in [2.45, 2.75) is 25.3 Å². The predicted molar refractivity (Wildman–Crippen MR) is 83.2 cm³/mol. The van der Waals surface area contributed by atoms with Gasteiger partial charge in [-0.2, -0.15) is 0 Å². The molecule has 0 aromatic heterocycles. The van der Waals surface area contributed by atoms with Crippen LogP contribution in [-0.2, 0) is 0 Å². The first-order chi connectivity index (χ1) is 9.25. The van der Waals surface area contributed by atoms with E-state index < -0.39 is 0 Å². The molecule has 2 fully saturated rings. The molecule has 1 aromatic carbocycles.